The number of carboxylic acids is 1. The third-order valence-electron chi connectivity index (χ3n) is 2.40. The summed E-state index contributed by atoms with van der Waals surface area (Å²) in [5.74, 6) is -1.32. The molecule has 1 aromatic carbocycles. The minimum Gasteiger partial charge on any atom is -0.478 e. The van der Waals surface area contributed by atoms with Crippen LogP contribution in [0.15, 0.2) is 35.7 Å². The average molecular weight is 284 g/mol. The van der Waals surface area contributed by atoms with Gasteiger partial charge < -0.3 is 10.8 Å². The Morgan fingerprint density at radius 2 is 2.21 bits per heavy atom. The van der Waals surface area contributed by atoms with Gasteiger partial charge in [-0.25, -0.2) is 17.9 Å². The van der Waals surface area contributed by atoms with E-state index in [9.17, 15) is 13.2 Å². The molecule has 0 aliphatic carbocycles. The molecule has 0 fully saturated rings. The van der Waals surface area contributed by atoms with Gasteiger partial charge in [-0.05, 0) is 31.5 Å². The number of carbonyl (C=O) groups is 1. The van der Waals surface area contributed by atoms with Crippen LogP contribution >= 0.6 is 0 Å². The van der Waals surface area contributed by atoms with Crippen LogP contribution in [0, 0.1) is 0 Å². The van der Waals surface area contributed by atoms with Gasteiger partial charge in [0, 0.05) is 11.7 Å². The number of carboxylic acid groups (broad SMARTS) is 1. The molecule has 19 heavy (non-hydrogen) atoms. The highest BCUT2D eigenvalue weighted by Gasteiger charge is 2.23. The minimum atomic E-state index is -3.94. The monoisotopic (exact) mass is 284 g/mol. The molecule has 0 heterocycles. The summed E-state index contributed by atoms with van der Waals surface area (Å²) >= 11 is 0. The number of benzene rings is 1. The standard InChI is InChI=1S/C12H16N2O4S/c1-3-4-8(2)14-19(17,18)11-7-9(13)5-6-10(11)12(15)16/h3,5-8,14H,1,4,13H2,2H3,(H,15,16). The highest BCUT2D eigenvalue weighted by molar-refractivity contribution is 7.89. The normalized spacial score (nSPS) is 12.9. The van der Waals surface area contributed by atoms with Crippen LogP contribution in [0.2, 0.25) is 0 Å². The molecule has 1 unspecified atom stereocenters. The molecule has 104 valence electrons. The molecule has 0 aliphatic rings. The molecule has 0 saturated heterocycles. The molecular formula is C12H16N2O4S. The van der Waals surface area contributed by atoms with Crippen LogP contribution in [-0.4, -0.2) is 25.5 Å². The van der Waals surface area contributed by atoms with Gasteiger partial charge in [-0.2, -0.15) is 0 Å². The molecule has 0 amide bonds. The lowest BCUT2D eigenvalue weighted by Gasteiger charge is -2.14. The Morgan fingerprint density at radius 3 is 2.74 bits per heavy atom. The van der Waals surface area contributed by atoms with Crippen LogP contribution in [0.4, 0.5) is 5.69 Å². The molecule has 6 nitrogen and oxygen atoms in total. The zero-order chi connectivity index (χ0) is 14.6. The van der Waals surface area contributed by atoms with Crippen molar-refractivity contribution < 1.29 is 18.3 Å². The van der Waals surface area contributed by atoms with Crippen molar-refractivity contribution in [3.8, 4) is 0 Å². The van der Waals surface area contributed by atoms with Gasteiger partial charge >= 0.3 is 5.97 Å². The summed E-state index contributed by atoms with van der Waals surface area (Å²) in [4.78, 5) is 10.7. The number of anilines is 1. The molecule has 0 bridgehead atoms. The van der Waals surface area contributed by atoms with E-state index in [1.54, 1.807) is 13.0 Å². The summed E-state index contributed by atoms with van der Waals surface area (Å²) in [5, 5.41) is 9.01. The van der Waals surface area contributed by atoms with Gasteiger partial charge in [-0.1, -0.05) is 6.08 Å². The lowest BCUT2D eigenvalue weighted by molar-refractivity contribution is 0.0692. The number of rotatable bonds is 6. The first-order valence-electron chi connectivity index (χ1n) is 5.54. The van der Waals surface area contributed by atoms with Crippen LogP contribution in [0.25, 0.3) is 0 Å². The van der Waals surface area contributed by atoms with Crippen molar-refractivity contribution in [2.45, 2.75) is 24.3 Å². The molecule has 7 heteroatoms. The maximum absolute atomic E-state index is 12.1. The zero-order valence-corrected chi connectivity index (χ0v) is 11.3. The van der Waals surface area contributed by atoms with Crippen molar-refractivity contribution in [3.05, 3.63) is 36.4 Å². The molecular weight excluding hydrogens is 268 g/mol. The Bertz CT molecular complexity index is 596. The van der Waals surface area contributed by atoms with Gasteiger partial charge in [0.25, 0.3) is 0 Å². The summed E-state index contributed by atoms with van der Waals surface area (Å²) in [5.41, 5.74) is 5.38. The predicted octanol–water partition coefficient (Wildman–Crippen LogP) is 1.21. The van der Waals surface area contributed by atoms with Crippen molar-refractivity contribution in [1.82, 2.24) is 4.72 Å². The van der Waals surface area contributed by atoms with Crippen LogP contribution in [-0.2, 0) is 10.0 Å². The fourth-order valence-electron chi connectivity index (χ4n) is 1.56. The van der Waals surface area contributed by atoms with E-state index in [0.717, 1.165) is 6.07 Å². The number of sulfonamides is 1. The van der Waals surface area contributed by atoms with E-state index in [1.165, 1.54) is 12.1 Å². The van der Waals surface area contributed by atoms with E-state index in [1.807, 2.05) is 0 Å². The highest BCUT2D eigenvalue weighted by atomic mass is 32.2. The summed E-state index contributed by atoms with van der Waals surface area (Å²) in [7, 11) is -3.94. The number of hydrogen-bond acceptors (Lipinski definition) is 4. The fourth-order valence-corrected chi connectivity index (χ4v) is 3.05. The topological polar surface area (TPSA) is 109 Å². The summed E-state index contributed by atoms with van der Waals surface area (Å²) in [6.07, 6.45) is 2.01. The Kier molecular flexibility index (Phi) is 4.68. The zero-order valence-electron chi connectivity index (χ0n) is 10.5. The van der Waals surface area contributed by atoms with Gasteiger partial charge in [-0.3, -0.25) is 0 Å². The number of nitrogens with one attached hydrogen (secondary N) is 1. The Morgan fingerprint density at radius 1 is 1.58 bits per heavy atom. The molecule has 0 saturated carbocycles. The number of nitrogens with two attached hydrogens (primary N) is 1. The molecule has 1 rings (SSSR count). The van der Waals surface area contributed by atoms with Crippen molar-refractivity contribution in [2.75, 3.05) is 5.73 Å². The highest BCUT2D eigenvalue weighted by Crippen LogP contribution is 2.19. The molecule has 0 aliphatic heterocycles. The van der Waals surface area contributed by atoms with E-state index in [2.05, 4.69) is 11.3 Å². The molecule has 1 aromatic rings. The SMILES string of the molecule is C=CCC(C)NS(=O)(=O)c1cc(N)ccc1C(=O)O. The molecule has 0 aromatic heterocycles. The third kappa shape index (κ3) is 3.80. The lowest BCUT2D eigenvalue weighted by Crippen LogP contribution is -2.33. The van der Waals surface area contributed by atoms with Crippen molar-refractivity contribution in [3.63, 3.8) is 0 Å². The van der Waals surface area contributed by atoms with Crippen molar-refractivity contribution in [1.29, 1.82) is 0 Å². The molecule has 0 spiro atoms. The Hall–Kier alpha value is -1.86. The second kappa shape index (κ2) is 5.85. The van der Waals surface area contributed by atoms with Gasteiger partial charge in [0.2, 0.25) is 10.0 Å². The third-order valence-corrected chi connectivity index (χ3v) is 4.03. The minimum absolute atomic E-state index is 0.182. The molecule has 1 atom stereocenters. The van der Waals surface area contributed by atoms with E-state index in [-0.39, 0.29) is 22.2 Å². The average Bonchev–Trinajstić information content (AvgIpc) is 2.27. The fraction of sp³-hybridized carbons (Fsp3) is 0.250. The van der Waals surface area contributed by atoms with E-state index >= 15 is 0 Å². The largest absolute Gasteiger partial charge is 0.478 e. The second-order valence-electron chi connectivity index (χ2n) is 4.11. The van der Waals surface area contributed by atoms with Gasteiger partial charge in [0.1, 0.15) is 0 Å². The van der Waals surface area contributed by atoms with Gasteiger partial charge in [-0.15, -0.1) is 6.58 Å². The van der Waals surface area contributed by atoms with Gasteiger partial charge in [0.15, 0.2) is 0 Å². The van der Waals surface area contributed by atoms with Crippen LogP contribution in [0.1, 0.15) is 23.7 Å². The van der Waals surface area contributed by atoms with Crippen molar-refractivity contribution in [2.24, 2.45) is 0 Å². The summed E-state index contributed by atoms with van der Waals surface area (Å²) < 4.78 is 26.6. The number of hydrogen-bond donors (Lipinski definition) is 3. The van der Waals surface area contributed by atoms with Crippen LogP contribution in [0.3, 0.4) is 0 Å². The van der Waals surface area contributed by atoms with Crippen molar-refractivity contribution >= 4 is 21.7 Å². The summed E-state index contributed by atoms with van der Waals surface area (Å²) in [6, 6.07) is 3.26. The summed E-state index contributed by atoms with van der Waals surface area (Å²) in [6.45, 7) is 5.17. The van der Waals surface area contributed by atoms with Crippen LogP contribution in [0.5, 0.6) is 0 Å². The lowest BCUT2D eigenvalue weighted by atomic mass is 10.2. The predicted molar refractivity (Wildman–Crippen MR) is 72.4 cm³/mol. The second-order valence-corrected chi connectivity index (χ2v) is 5.79. The van der Waals surface area contributed by atoms with Crippen LogP contribution < -0.4 is 10.5 Å². The molecule has 0 radical (unpaired) electrons. The van der Waals surface area contributed by atoms with E-state index in [0.29, 0.717) is 6.42 Å². The molecule has 4 N–H and O–H groups in total. The maximum Gasteiger partial charge on any atom is 0.337 e. The smallest absolute Gasteiger partial charge is 0.337 e. The van der Waals surface area contributed by atoms with E-state index in [4.69, 9.17) is 10.8 Å². The Labute approximate surface area is 112 Å². The number of nitrogen functional groups attached to an aromatic ring is 1. The van der Waals surface area contributed by atoms with Gasteiger partial charge in [0.05, 0.1) is 10.5 Å². The first-order chi connectivity index (χ1) is 8.77. The number of aromatic carboxylic acids is 1. The van der Waals surface area contributed by atoms with E-state index < -0.39 is 16.0 Å². The first kappa shape index (κ1) is 15.2. The maximum atomic E-state index is 12.1. The Balaban J connectivity index is 3.23. The quantitative estimate of drug-likeness (QED) is 0.537. The first-order valence-corrected chi connectivity index (χ1v) is 7.02.